The quantitative estimate of drug-likeness (QED) is 0.310. The molecule has 0 aliphatic carbocycles. The van der Waals surface area contributed by atoms with Crippen LogP contribution in [0.2, 0.25) is 0 Å². The van der Waals surface area contributed by atoms with E-state index in [2.05, 4.69) is 25.6 Å². The lowest BCUT2D eigenvalue weighted by Gasteiger charge is -2.14. The van der Waals surface area contributed by atoms with Gasteiger partial charge in [-0.15, -0.1) is 0 Å². The normalized spacial score (nSPS) is 12.1. The van der Waals surface area contributed by atoms with E-state index in [0.717, 1.165) is 12.1 Å². The summed E-state index contributed by atoms with van der Waals surface area (Å²) in [4.78, 5) is 11.9. The Morgan fingerprint density at radius 1 is 0.889 bits per heavy atom. The monoisotopic (exact) mass is 524 g/mol. The third-order valence-corrected chi connectivity index (χ3v) is 5.82. The highest BCUT2D eigenvalue weighted by Gasteiger charge is 2.27. The lowest BCUT2D eigenvalue weighted by molar-refractivity contribution is -0.115. The molecule has 14 heteroatoms. The average molecular weight is 524 g/mol. The Morgan fingerprint density at radius 3 is 2.28 bits per heavy atom. The molecule has 0 bridgehead atoms. The van der Waals surface area contributed by atoms with Crippen molar-refractivity contribution in [3.05, 3.63) is 71.8 Å². The summed E-state index contributed by atoms with van der Waals surface area (Å²) >= 11 is 0. The Balaban J connectivity index is 1.74. The molecule has 0 amide bonds. The number of primary sulfonamides is 1. The van der Waals surface area contributed by atoms with E-state index in [1.807, 2.05) is 0 Å². The van der Waals surface area contributed by atoms with Gasteiger partial charge in [0.2, 0.25) is 16.0 Å². The van der Waals surface area contributed by atoms with Gasteiger partial charge in [0.05, 0.1) is 11.2 Å². The van der Waals surface area contributed by atoms with E-state index in [-0.39, 0.29) is 40.6 Å². The van der Waals surface area contributed by atoms with E-state index >= 15 is 0 Å². The number of halogens is 5. The van der Waals surface area contributed by atoms with Gasteiger partial charge in [0, 0.05) is 12.1 Å². The van der Waals surface area contributed by atoms with Crippen LogP contribution in [-0.2, 0) is 16.6 Å². The number of nitrogens with zero attached hydrogens (tertiary/aromatic N) is 3. The molecule has 0 aliphatic rings. The maximum Gasteiger partial charge on any atom is 0.405 e. The molecule has 0 spiro atoms. The first-order chi connectivity index (χ1) is 16.9. The molecular formula is C22H17F5N6O2S. The van der Waals surface area contributed by atoms with E-state index in [1.54, 1.807) is 0 Å². The summed E-state index contributed by atoms with van der Waals surface area (Å²) < 4.78 is 89.1. The minimum absolute atomic E-state index is 0.00987. The first-order valence-corrected chi connectivity index (χ1v) is 11.7. The van der Waals surface area contributed by atoms with Crippen LogP contribution in [0.25, 0.3) is 22.3 Å². The molecule has 36 heavy (non-hydrogen) atoms. The van der Waals surface area contributed by atoms with Crippen molar-refractivity contribution in [3.8, 4) is 11.3 Å². The lowest BCUT2D eigenvalue weighted by atomic mass is 10.1. The van der Waals surface area contributed by atoms with E-state index < -0.39 is 39.3 Å². The second-order valence-corrected chi connectivity index (χ2v) is 9.13. The van der Waals surface area contributed by atoms with Gasteiger partial charge in [0.15, 0.2) is 5.82 Å². The zero-order valence-electron chi connectivity index (χ0n) is 18.1. The minimum atomic E-state index is -4.56. The molecule has 0 atom stereocenters. The van der Waals surface area contributed by atoms with E-state index in [0.29, 0.717) is 5.56 Å². The summed E-state index contributed by atoms with van der Waals surface area (Å²) in [6.45, 7) is -1.24. The number of hydrogen-bond donors (Lipinski definition) is 3. The van der Waals surface area contributed by atoms with Gasteiger partial charge in [-0.25, -0.2) is 32.3 Å². The van der Waals surface area contributed by atoms with Crippen molar-refractivity contribution < 1.29 is 30.4 Å². The van der Waals surface area contributed by atoms with Crippen LogP contribution in [0.4, 0.5) is 33.7 Å². The summed E-state index contributed by atoms with van der Waals surface area (Å²) in [6, 6.07) is 11.6. The van der Waals surface area contributed by atoms with Crippen LogP contribution in [-0.4, -0.2) is 36.1 Å². The second-order valence-electron chi connectivity index (χ2n) is 7.60. The molecule has 2 aromatic carbocycles. The lowest BCUT2D eigenvalue weighted by Crippen LogP contribution is -2.22. The van der Waals surface area contributed by atoms with Crippen molar-refractivity contribution in [1.29, 1.82) is 0 Å². The molecule has 0 fully saturated rings. The first kappa shape index (κ1) is 25.2. The zero-order valence-corrected chi connectivity index (χ0v) is 19.0. The molecule has 8 nitrogen and oxygen atoms in total. The minimum Gasteiger partial charge on any atom is -0.359 e. The van der Waals surface area contributed by atoms with Gasteiger partial charge >= 0.3 is 6.18 Å². The van der Waals surface area contributed by atoms with Crippen molar-refractivity contribution in [2.45, 2.75) is 17.6 Å². The fourth-order valence-corrected chi connectivity index (χ4v) is 3.86. The van der Waals surface area contributed by atoms with Crippen molar-refractivity contribution in [2.24, 2.45) is 5.14 Å². The van der Waals surface area contributed by atoms with Crippen LogP contribution in [0.15, 0.2) is 59.5 Å². The molecule has 0 radical (unpaired) electrons. The summed E-state index contributed by atoms with van der Waals surface area (Å²) in [5.74, 6) is -1.73. The Labute approximate surface area is 201 Å². The van der Waals surface area contributed by atoms with Gasteiger partial charge in [-0.2, -0.15) is 18.2 Å². The van der Waals surface area contributed by atoms with E-state index in [9.17, 15) is 30.4 Å². The molecule has 2 heterocycles. The number of alkyl halides is 3. The molecular weight excluding hydrogens is 507 g/mol. The number of sulfonamides is 1. The molecule has 4 aromatic rings. The number of nitrogens with one attached hydrogen (secondary N) is 2. The number of anilines is 2. The number of nitrogens with two attached hydrogens (primary N) is 1. The highest BCUT2D eigenvalue weighted by atomic mass is 32.2. The van der Waals surface area contributed by atoms with Crippen molar-refractivity contribution in [2.75, 3.05) is 17.2 Å². The van der Waals surface area contributed by atoms with Crippen molar-refractivity contribution >= 4 is 32.8 Å². The maximum atomic E-state index is 13.9. The Morgan fingerprint density at radius 2 is 1.61 bits per heavy atom. The second kappa shape index (κ2) is 9.62. The fourth-order valence-electron chi connectivity index (χ4n) is 3.23. The first-order valence-electron chi connectivity index (χ1n) is 10.2. The standard InChI is InChI=1S/C22H17F5N6O2S/c23-14-4-1-12(2-5-14)10-29-21-32-17-8-7-16(13-3-6-15(24)18(9-13)36(28,34)35)31-19(17)20(33-21)30-11-22(25,26)27/h1-9H,10-11H2,(H2,28,34,35)(H2,29,30,32,33). The van der Waals surface area contributed by atoms with Gasteiger partial charge in [-0.3, -0.25) is 0 Å². The van der Waals surface area contributed by atoms with Crippen LogP contribution in [0, 0.1) is 11.6 Å². The van der Waals surface area contributed by atoms with Gasteiger partial charge < -0.3 is 10.6 Å². The number of aromatic nitrogens is 3. The molecule has 4 rings (SSSR count). The maximum absolute atomic E-state index is 13.9. The summed E-state index contributed by atoms with van der Waals surface area (Å²) in [5.41, 5.74) is 1.10. The predicted molar refractivity (Wildman–Crippen MR) is 122 cm³/mol. The van der Waals surface area contributed by atoms with Crippen LogP contribution in [0.3, 0.4) is 0 Å². The SMILES string of the molecule is NS(=O)(=O)c1cc(-c2ccc3nc(NCc4ccc(F)cc4)nc(NCC(F)(F)F)c3n2)ccc1F. The zero-order chi connectivity index (χ0) is 26.1. The van der Waals surface area contributed by atoms with Gasteiger partial charge in [0.25, 0.3) is 0 Å². The molecule has 0 aliphatic heterocycles. The van der Waals surface area contributed by atoms with E-state index in [4.69, 9.17) is 5.14 Å². The van der Waals surface area contributed by atoms with Crippen LogP contribution >= 0.6 is 0 Å². The average Bonchev–Trinajstić information content (AvgIpc) is 2.81. The summed E-state index contributed by atoms with van der Waals surface area (Å²) in [6.07, 6.45) is -4.56. The third kappa shape index (κ3) is 6.01. The fraction of sp³-hybridized carbons (Fsp3) is 0.136. The highest BCUT2D eigenvalue weighted by molar-refractivity contribution is 7.89. The Hall–Kier alpha value is -3.91. The van der Waals surface area contributed by atoms with Gasteiger partial charge in [-0.05, 0) is 48.0 Å². The molecule has 0 saturated heterocycles. The van der Waals surface area contributed by atoms with Gasteiger partial charge in [0.1, 0.15) is 28.6 Å². The largest absolute Gasteiger partial charge is 0.405 e. The summed E-state index contributed by atoms with van der Waals surface area (Å²) in [5, 5.41) is 10.1. The van der Waals surface area contributed by atoms with Crippen molar-refractivity contribution in [3.63, 3.8) is 0 Å². The number of rotatable bonds is 7. The van der Waals surface area contributed by atoms with E-state index in [1.165, 1.54) is 42.5 Å². The molecule has 188 valence electrons. The molecule has 2 aromatic heterocycles. The van der Waals surface area contributed by atoms with Crippen molar-refractivity contribution in [1.82, 2.24) is 15.0 Å². The van der Waals surface area contributed by atoms with Gasteiger partial charge in [-0.1, -0.05) is 12.1 Å². The van der Waals surface area contributed by atoms with Crippen LogP contribution in [0.5, 0.6) is 0 Å². The number of pyridine rings is 1. The highest BCUT2D eigenvalue weighted by Crippen LogP contribution is 2.28. The number of fused-ring (bicyclic) bond motifs is 1. The number of benzene rings is 2. The number of hydrogen-bond acceptors (Lipinski definition) is 7. The molecule has 0 saturated carbocycles. The molecule has 0 unspecified atom stereocenters. The third-order valence-electron chi connectivity index (χ3n) is 4.90. The smallest absolute Gasteiger partial charge is 0.359 e. The topological polar surface area (TPSA) is 123 Å². The predicted octanol–water partition coefficient (Wildman–Crippen LogP) is 4.20. The summed E-state index contributed by atoms with van der Waals surface area (Å²) in [7, 11) is -4.37. The Bertz CT molecular complexity index is 1530. The molecule has 4 N–H and O–H groups in total. The van der Waals surface area contributed by atoms with Crippen LogP contribution in [0.1, 0.15) is 5.56 Å². The van der Waals surface area contributed by atoms with Crippen LogP contribution < -0.4 is 15.8 Å². The Kier molecular flexibility index (Phi) is 6.73.